The van der Waals surface area contributed by atoms with Gasteiger partial charge in [-0.05, 0) is 73.2 Å². The first-order valence-corrected chi connectivity index (χ1v) is 10.3. The molecule has 2 aromatic carbocycles. The SMILES string of the molecule is Cc1oc(-c2ccc(C(F)(F)F)cc2)nc1CCOc1ccc2c(c1)CC[C@@H]2CC(=O)O. The molecule has 4 rings (SSSR count). The van der Waals surface area contributed by atoms with E-state index in [0.717, 1.165) is 36.1 Å². The summed E-state index contributed by atoms with van der Waals surface area (Å²) in [5.41, 5.74) is 2.64. The zero-order valence-electron chi connectivity index (χ0n) is 17.4. The highest BCUT2D eigenvalue weighted by Gasteiger charge is 2.30. The highest BCUT2D eigenvalue weighted by Crippen LogP contribution is 2.37. The first-order valence-electron chi connectivity index (χ1n) is 10.3. The minimum Gasteiger partial charge on any atom is -0.493 e. The molecule has 0 saturated carbocycles. The van der Waals surface area contributed by atoms with Crippen LogP contribution in [0.2, 0.25) is 0 Å². The van der Waals surface area contributed by atoms with Crippen LogP contribution >= 0.6 is 0 Å². The molecule has 1 N–H and O–H groups in total. The van der Waals surface area contributed by atoms with Crippen LogP contribution < -0.4 is 4.74 Å². The molecule has 0 amide bonds. The fourth-order valence-electron chi connectivity index (χ4n) is 4.05. The van der Waals surface area contributed by atoms with E-state index >= 15 is 0 Å². The van der Waals surface area contributed by atoms with Crippen molar-refractivity contribution >= 4 is 5.97 Å². The van der Waals surface area contributed by atoms with Crippen LogP contribution in [0.1, 0.15) is 46.9 Å². The number of aryl methyl sites for hydroxylation is 2. The number of nitrogens with zero attached hydrogens (tertiary/aromatic N) is 1. The molecule has 1 aliphatic carbocycles. The Morgan fingerprint density at radius 3 is 2.66 bits per heavy atom. The molecular formula is C24H22F3NO4. The summed E-state index contributed by atoms with van der Waals surface area (Å²) < 4.78 is 49.7. The number of carboxylic acid groups (broad SMARTS) is 1. The van der Waals surface area contributed by atoms with Gasteiger partial charge in [-0.2, -0.15) is 13.2 Å². The third-order valence-corrected chi connectivity index (χ3v) is 5.70. The summed E-state index contributed by atoms with van der Waals surface area (Å²) in [4.78, 5) is 15.4. The third kappa shape index (κ3) is 4.79. The van der Waals surface area contributed by atoms with Crippen LogP contribution in [0.3, 0.4) is 0 Å². The molecule has 168 valence electrons. The Balaban J connectivity index is 1.37. The van der Waals surface area contributed by atoms with Crippen molar-refractivity contribution in [1.82, 2.24) is 4.98 Å². The molecule has 1 atom stereocenters. The number of aliphatic carboxylic acids is 1. The summed E-state index contributed by atoms with van der Waals surface area (Å²) >= 11 is 0. The molecule has 1 aromatic heterocycles. The summed E-state index contributed by atoms with van der Waals surface area (Å²) in [6.45, 7) is 2.12. The minimum atomic E-state index is -4.39. The molecule has 0 radical (unpaired) electrons. The van der Waals surface area contributed by atoms with E-state index in [1.165, 1.54) is 12.1 Å². The van der Waals surface area contributed by atoms with E-state index in [1.54, 1.807) is 6.92 Å². The van der Waals surface area contributed by atoms with Crippen molar-refractivity contribution in [2.24, 2.45) is 0 Å². The molecule has 5 nitrogen and oxygen atoms in total. The molecular weight excluding hydrogens is 423 g/mol. The number of benzene rings is 2. The van der Waals surface area contributed by atoms with Gasteiger partial charge in [0.05, 0.1) is 24.3 Å². The second-order valence-corrected chi connectivity index (χ2v) is 7.89. The zero-order chi connectivity index (χ0) is 22.9. The van der Waals surface area contributed by atoms with E-state index in [9.17, 15) is 18.0 Å². The van der Waals surface area contributed by atoms with Crippen molar-refractivity contribution in [3.05, 3.63) is 70.6 Å². The van der Waals surface area contributed by atoms with Crippen LogP contribution in [0.5, 0.6) is 5.75 Å². The fraction of sp³-hybridized carbons (Fsp3) is 0.333. The van der Waals surface area contributed by atoms with Gasteiger partial charge in [-0.1, -0.05) is 6.07 Å². The van der Waals surface area contributed by atoms with Gasteiger partial charge in [0.2, 0.25) is 5.89 Å². The van der Waals surface area contributed by atoms with E-state index in [2.05, 4.69) is 4.98 Å². The Morgan fingerprint density at radius 1 is 1.22 bits per heavy atom. The lowest BCUT2D eigenvalue weighted by Gasteiger charge is -2.10. The number of rotatable bonds is 7. The number of hydrogen-bond donors (Lipinski definition) is 1. The Kier molecular flexibility index (Phi) is 5.95. The molecule has 8 heteroatoms. The first kappa shape index (κ1) is 21.9. The first-order chi connectivity index (χ1) is 15.2. The van der Waals surface area contributed by atoms with Gasteiger partial charge in [0.25, 0.3) is 0 Å². The average molecular weight is 445 g/mol. The van der Waals surface area contributed by atoms with Crippen molar-refractivity contribution < 1.29 is 32.2 Å². The average Bonchev–Trinajstić information content (AvgIpc) is 3.30. The Morgan fingerprint density at radius 2 is 1.97 bits per heavy atom. The van der Waals surface area contributed by atoms with Gasteiger partial charge in [0.1, 0.15) is 11.5 Å². The third-order valence-electron chi connectivity index (χ3n) is 5.70. The minimum absolute atomic E-state index is 0.0537. The van der Waals surface area contributed by atoms with Gasteiger partial charge >= 0.3 is 12.1 Å². The molecule has 0 saturated heterocycles. The van der Waals surface area contributed by atoms with Crippen LogP contribution in [0, 0.1) is 6.92 Å². The van der Waals surface area contributed by atoms with Gasteiger partial charge in [-0.15, -0.1) is 0 Å². The normalized spacial score (nSPS) is 15.6. The maximum Gasteiger partial charge on any atom is 0.416 e. The molecule has 0 aliphatic heterocycles. The van der Waals surface area contributed by atoms with E-state index in [0.29, 0.717) is 35.8 Å². The van der Waals surface area contributed by atoms with Crippen LogP contribution in [-0.2, 0) is 23.8 Å². The molecule has 0 fully saturated rings. The van der Waals surface area contributed by atoms with E-state index in [-0.39, 0.29) is 18.2 Å². The van der Waals surface area contributed by atoms with Crippen molar-refractivity contribution in [1.29, 1.82) is 0 Å². The lowest BCUT2D eigenvalue weighted by Crippen LogP contribution is -2.04. The summed E-state index contributed by atoms with van der Waals surface area (Å²) in [6.07, 6.45) is -2.10. The van der Waals surface area contributed by atoms with Gasteiger partial charge in [0.15, 0.2) is 0 Å². The maximum atomic E-state index is 12.7. The van der Waals surface area contributed by atoms with Crippen LogP contribution in [0.4, 0.5) is 13.2 Å². The van der Waals surface area contributed by atoms with E-state index in [1.807, 2.05) is 18.2 Å². The predicted octanol–water partition coefficient (Wildman–Crippen LogP) is 5.79. The van der Waals surface area contributed by atoms with E-state index < -0.39 is 17.7 Å². The van der Waals surface area contributed by atoms with Gasteiger partial charge < -0.3 is 14.3 Å². The van der Waals surface area contributed by atoms with E-state index in [4.69, 9.17) is 14.3 Å². The molecule has 0 bridgehead atoms. The summed E-state index contributed by atoms with van der Waals surface area (Å²) in [5, 5.41) is 9.04. The van der Waals surface area contributed by atoms with Crippen LogP contribution in [0.25, 0.3) is 11.5 Å². The molecule has 3 aromatic rings. The molecule has 0 spiro atoms. The maximum absolute atomic E-state index is 12.7. The van der Waals surface area contributed by atoms with Crippen molar-refractivity contribution in [3.8, 4) is 17.2 Å². The fourth-order valence-corrected chi connectivity index (χ4v) is 4.05. The topological polar surface area (TPSA) is 72.6 Å². The smallest absolute Gasteiger partial charge is 0.416 e. The number of alkyl halides is 3. The molecule has 32 heavy (non-hydrogen) atoms. The van der Waals surface area contributed by atoms with Crippen LogP contribution in [-0.4, -0.2) is 22.7 Å². The highest BCUT2D eigenvalue weighted by atomic mass is 19.4. The lowest BCUT2D eigenvalue weighted by molar-refractivity contribution is -0.138. The Hall–Kier alpha value is -3.29. The number of oxazole rings is 1. The number of hydrogen-bond acceptors (Lipinski definition) is 4. The molecule has 1 aliphatic rings. The van der Waals surface area contributed by atoms with Gasteiger partial charge in [0, 0.05) is 12.0 Å². The Labute approximate surface area is 182 Å². The number of ether oxygens (including phenoxy) is 1. The molecule has 0 unspecified atom stereocenters. The largest absolute Gasteiger partial charge is 0.493 e. The quantitative estimate of drug-likeness (QED) is 0.498. The number of carboxylic acids is 1. The van der Waals surface area contributed by atoms with Crippen molar-refractivity contribution in [3.63, 3.8) is 0 Å². The zero-order valence-corrected chi connectivity index (χ0v) is 17.4. The number of fused-ring (bicyclic) bond motifs is 1. The standard InChI is InChI=1S/C24H22F3NO4/c1-14-21(28-23(32-14)15-4-6-18(7-5-15)24(25,26)27)10-11-31-19-8-9-20-16(12-19)2-3-17(20)13-22(29)30/h4-9,12,17H,2-3,10-11,13H2,1H3,(H,29,30)/t17-/m1/s1. The van der Waals surface area contributed by atoms with Crippen molar-refractivity contribution in [2.45, 2.75) is 44.7 Å². The number of carbonyl (C=O) groups is 1. The molecule has 1 heterocycles. The Bertz CT molecular complexity index is 1120. The summed E-state index contributed by atoms with van der Waals surface area (Å²) in [7, 11) is 0. The monoisotopic (exact) mass is 445 g/mol. The summed E-state index contributed by atoms with van der Waals surface area (Å²) in [5.74, 6) is 0.839. The predicted molar refractivity (Wildman–Crippen MR) is 111 cm³/mol. The second-order valence-electron chi connectivity index (χ2n) is 7.89. The lowest BCUT2D eigenvalue weighted by atomic mass is 9.98. The number of halogens is 3. The van der Waals surface area contributed by atoms with Crippen molar-refractivity contribution in [2.75, 3.05) is 6.61 Å². The second kappa shape index (κ2) is 8.68. The van der Waals surface area contributed by atoms with Crippen LogP contribution in [0.15, 0.2) is 46.9 Å². The van der Waals surface area contributed by atoms with Gasteiger partial charge in [-0.3, -0.25) is 4.79 Å². The number of aromatic nitrogens is 1. The summed E-state index contributed by atoms with van der Waals surface area (Å²) in [6, 6.07) is 10.4. The van der Waals surface area contributed by atoms with Gasteiger partial charge in [-0.25, -0.2) is 4.98 Å². The highest BCUT2D eigenvalue weighted by molar-refractivity contribution is 5.68.